The van der Waals surface area contributed by atoms with Gasteiger partial charge in [-0.15, -0.1) is 0 Å². The van der Waals surface area contributed by atoms with Crippen LogP contribution >= 0.6 is 0 Å². The first-order chi connectivity index (χ1) is 17.1. The number of fused-ring (bicyclic) bond motifs is 6. The molecule has 0 N–H and O–H groups in total. The molecule has 2 aromatic heterocycles. The van der Waals surface area contributed by atoms with Crippen molar-refractivity contribution in [1.82, 2.24) is 14.5 Å². The number of hydrogen-bond donors (Lipinski definition) is 0. The number of carbonyl (C=O) groups excluding carboxylic acids is 1. The summed E-state index contributed by atoms with van der Waals surface area (Å²) >= 11 is 0. The minimum absolute atomic E-state index is 0.125. The van der Waals surface area contributed by atoms with Gasteiger partial charge in [-0.2, -0.15) is 0 Å². The molecule has 4 aromatic rings. The third-order valence-electron chi connectivity index (χ3n) is 7.56. The Kier molecular flexibility index (Phi) is 5.44. The van der Waals surface area contributed by atoms with Crippen LogP contribution in [0.1, 0.15) is 29.2 Å². The monoisotopic (exact) mass is 467 g/mol. The van der Waals surface area contributed by atoms with Crippen molar-refractivity contribution in [2.75, 3.05) is 13.7 Å². The van der Waals surface area contributed by atoms with Gasteiger partial charge in [0.25, 0.3) is 0 Å². The fourth-order valence-electron chi connectivity index (χ4n) is 5.99. The summed E-state index contributed by atoms with van der Waals surface area (Å²) in [6.07, 6.45) is 3.68. The summed E-state index contributed by atoms with van der Waals surface area (Å²) in [5.41, 5.74) is 4.87. The predicted molar refractivity (Wildman–Crippen MR) is 135 cm³/mol. The van der Waals surface area contributed by atoms with E-state index < -0.39 is 0 Å². The van der Waals surface area contributed by atoms with Crippen molar-refractivity contribution >= 4 is 16.8 Å². The Morgan fingerprint density at radius 3 is 2.77 bits per heavy atom. The highest BCUT2D eigenvalue weighted by atomic mass is 16.5. The van der Waals surface area contributed by atoms with Crippen LogP contribution in [0.3, 0.4) is 0 Å². The van der Waals surface area contributed by atoms with E-state index in [9.17, 15) is 4.79 Å². The molecular formula is C29H29N3O3. The van der Waals surface area contributed by atoms with Crippen molar-refractivity contribution in [1.29, 1.82) is 0 Å². The van der Waals surface area contributed by atoms with E-state index in [4.69, 9.17) is 9.47 Å². The van der Waals surface area contributed by atoms with Gasteiger partial charge in [0.05, 0.1) is 20.1 Å². The number of amides is 1. The first-order valence-corrected chi connectivity index (χ1v) is 12.2. The van der Waals surface area contributed by atoms with Crippen molar-refractivity contribution in [3.05, 3.63) is 89.7 Å². The highest BCUT2D eigenvalue weighted by Crippen LogP contribution is 2.45. The molecule has 1 fully saturated rings. The van der Waals surface area contributed by atoms with Crippen molar-refractivity contribution in [3.63, 3.8) is 0 Å². The van der Waals surface area contributed by atoms with Gasteiger partial charge in [-0.05, 0) is 48.2 Å². The van der Waals surface area contributed by atoms with E-state index in [0.717, 1.165) is 24.2 Å². The Balaban J connectivity index is 1.37. The molecule has 2 aromatic carbocycles. The third kappa shape index (κ3) is 3.83. The fourth-order valence-corrected chi connectivity index (χ4v) is 5.99. The van der Waals surface area contributed by atoms with E-state index in [2.05, 4.69) is 40.9 Å². The summed E-state index contributed by atoms with van der Waals surface area (Å²) < 4.78 is 14.2. The second-order valence-electron chi connectivity index (χ2n) is 9.54. The second-order valence-corrected chi connectivity index (χ2v) is 9.54. The number of aromatic nitrogens is 2. The summed E-state index contributed by atoms with van der Waals surface area (Å²) in [4.78, 5) is 20.1. The molecule has 6 heteroatoms. The van der Waals surface area contributed by atoms with Gasteiger partial charge in [0.1, 0.15) is 11.9 Å². The maximum absolute atomic E-state index is 13.7. The number of para-hydroxylation sites is 1. The molecule has 6 rings (SSSR count). The van der Waals surface area contributed by atoms with E-state index >= 15 is 0 Å². The Morgan fingerprint density at radius 1 is 1.09 bits per heavy atom. The molecule has 2 aliphatic rings. The maximum atomic E-state index is 13.7. The van der Waals surface area contributed by atoms with Crippen molar-refractivity contribution in [3.8, 4) is 11.6 Å². The number of benzene rings is 2. The van der Waals surface area contributed by atoms with Gasteiger partial charge in [-0.1, -0.05) is 36.4 Å². The summed E-state index contributed by atoms with van der Waals surface area (Å²) in [5, 5.41) is 1.28. The first-order valence-electron chi connectivity index (χ1n) is 12.2. The number of piperidine rings is 1. The molecule has 1 aliphatic carbocycles. The number of nitrogens with zero attached hydrogens (tertiary/aromatic N) is 3. The fraction of sp³-hybridized carbons (Fsp3) is 0.310. The predicted octanol–water partition coefficient (Wildman–Crippen LogP) is 4.51. The second kappa shape index (κ2) is 8.77. The first kappa shape index (κ1) is 21.7. The average molecular weight is 468 g/mol. The Morgan fingerprint density at radius 2 is 1.94 bits per heavy atom. The molecule has 0 spiro atoms. The van der Waals surface area contributed by atoms with Crippen LogP contribution in [0.2, 0.25) is 0 Å². The number of aryl methyl sites for hydroxylation is 1. The molecule has 0 saturated carbocycles. The lowest BCUT2D eigenvalue weighted by atomic mass is 9.76. The van der Waals surface area contributed by atoms with Gasteiger partial charge in [0.15, 0.2) is 0 Å². The van der Waals surface area contributed by atoms with Crippen LogP contribution in [-0.2, 0) is 24.7 Å². The zero-order valence-electron chi connectivity index (χ0n) is 20.1. The minimum atomic E-state index is -0.169. The van der Waals surface area contributed by atoms with E-state index in [1.807, 2.05) is 47.4 Å². The molecule has 0 unspecified atom stereocenters. The highest BCUT2D eigenvalue weighted by molar-refractivity contribution is 5.87. The lowest BCUT2D eigenvalue weighted by Gasteiger charge is -2.47. The molecule has 0 radical (unpaired) electrons. The molecule has 6 nitrogen and oxygen atoms in total. The molecule has 1 amide bonds. The number of carbonyl (C=O) groups is 1. The van der Waals surface area contributed by atoms with E-state index in [1.54, 1.807) is 13.3 Å². The van der Waals surface area contributed by atoms with Crippen molar-refractivity contribution in [2.45, 2.75) is 37.3 Å². The van der Waals surface area contributed by atoms with Gasteiger partial charge in [-0.25, -0.2) is 4.98 Å². The van der Waals surface area contributed by atoms with Crippen LogP contribution in [-0.4, -0.2) is 46.2 Å². The van der Waals surface area contributed by atoms with Crippen LogP contribution < -0.4 is 9.47 Å². The summed E-state index contributed by atoms with van der Waals surface area (Å²) in [6.45, 7) is 0.551. The minimum Gasteiger partial charge on any atom is -0.497 e. The lowest BCUT2D eigenvalue weighted by molar-refractivity contribution is -0.137. The molecule has 178 valence electrons. The topological polar surface area (TPSA) is 56.6 Å². The van der Waals surface area contributed by atoms with Gasteiger partial charge >= 0.3 is 0 Å². The number of likely N-dealkylation sites (tertiary alicyclic amines) is 1. The molecule has 3 atom stereocenters. The quantitative estimate of drug-likeness (QED) is 0.433. The normalized spacial score (nSPS) is 21.0. The van der Waals surface area contributed by atoms with E-state index in [-0.39, 0.29) is 24.0 Å². The molecule has 3 heterocycles. The molecule has 1 saturated heterocycles. The van der Waals surface area contributed by atoms with Gasteiger partial charge in [0.2, 0.25) is 11.8 Å². The number of hydrogen-bond acceptors (Lipinski definition) is 4. The van der Waals surface area contributed by atoms with Crippen LogP contribution in [0.5, 0.6) is 11.6 Å². The van der Waals surface area contributed by atoms with Gasteiger partial charge in [0, 0.05) is 47.9 Å². The highest BCUT2D eigenvalue weighted by Gasteiger charge is 2.45. The van der Waals surface area contributed by atoms with E-state index in [1.165, 1.54) is 22.2 Å². The van der Waals surface area contributed by atoms with Gasteiger partial charge < -0.3 is 18.9 Å². The zero-order chi connectivity index (χ0) is 23.9. The maximum Gasteiger partial charge on any atom is 0.227 e. The molecule has 2 bridgehead atoms. The number of ether oxygens (including phenoxy) is 2. The largest absolute Gasteiger partial charge is 0.497 e. The molecule has 1 aliphatic heterocycles. The van der Waals surface area contributed by atoms with Crippen LogP contribution in [0, 0.1) is 0 Å². The zero-order valence-corrected chi connectivity index (χ0v) is 20.1. The standard InChI is InChI=1S/C29H29N3O3/c1-31-25-11-4-3-10-22(25)23-16-20-17-24(29(23)31)26(35-27-12-5-6-13-30-27)18-32(20)28(33)15-19-8-7-9-21(14-19)34-2/h3-14,20,24,26H,15-18H2,1-2H3/t20-,24+,26-/m0/s1. The Labute approximate surface area is 205 Å². The molecular weight excluding hydrogens is 438 g/mol. The average Bonchev–Trinajstić information content (AvgIpc) is 3.18. The van der Waals surface area contributed by atoms with Crippen LogP contribution in [0.25, 0.3) is 10.9 Å². The van der Waals surface area contributed by atoms with E-state index in [0.29, 0.717) is 18.8 Å². The SMILES string of the molecule is COc1cccc(CC(=O)N2C[C@H](Oc3ccccn3)[C@H]3C[C@@H]2Cc2c3n(C)c3ccccc23)c1. The summed E-state index contributed by atoms with van der Waals surface area (Å²) in [6, 6.07) is 22.2. The number of methoxy groups -OCH3 is 1. The summed E-state index contributed by atoms with van der Waals surface area (Å²) in [5.74, 6) is 1.69. The molecule has 35 heavy (non-hydrogen) atoms. The lowest BCUT2D eigenvalue weighted by Crippen LogP contribution is -2.56. The van der Waals surface area contributed by atoms with Crippen LogP contribution in [0.4, 0.5) is 0 Å². The van der Waals surface area contributed by atoms with Crippen molar-refractivity contribution < 1.29 is 14.3 Å². The summed E-state index contributed by atoms with van der Waals surface area (Å²) in [7, 11) is 3.80. The smallest absolute Gasteiger partial charge is 0.227 e. The van der Waals surface area contributed by atoms with Crippen molar-refractivity contribution in [2.24, 2.45) is 7.05 Å². The van der Waals surface area contributed by atoms with Gasteiger partial charge in [-0.3, -0.25) is 4.79 Å². The van der Waals surface area contributed by atoms with Crippen LogP contribution in [0.15, 0.2) is 72.9 Å². The Bertz CT molecular complexity index is 1380. The number of rotatable bonds is 5. The third-order valence-corrected chi connectivity index (χ3v) is 7.56. The Hall–Kier alpha value is -3.80. The number of pyridine rings is 1.